The fourth-order valence-electron chi connectivity index (χ4n) is 2.38. The molecule has 1 aliphatic rings. The zero-order chi connectivity index (χ0) is 12.7. The van der Waals surface area contributed by atoms with Crippen LogP contribution in [0.2, 0.25) is 0 Å². The van der Waals surface area contributed by atoms with Crippen LogP contribution in [0.5, 0.6) is 0 Å². The van der Waals surface area contributed by atoms with Crippen molar-refractivity contribution in [3.8, 4) is 0 Å². The molecule has 3 rings (SSSR count). The van der Waals surface area contributed by atoms with Gasteiger partial charge in [-0.25, -0.2) is 0 Å². The van der Waals surface area contributed by atoms with E-state index in [-0.39, 0.29) is 17.7 Å². The SMILES string of the molecule is Nc1cccc2cc(C3CCC(=O)NC3=O)[nH]c12. The monoisotopic (exact) mass is 243 g/mol. The Kier molecular flexibility index (Phi) is 2.33. The topological polar surface area (TPSA) is 88.0 Å². The number of para-hydroxylation sites is 1. The van der Waals surface area contributed by atoms with Crippen molar-refractivity contribution in [3.63, 3.8) is 0 Å². The molecule has 2 aromatic rings. The van der Waals surface area contributed by atoms with Crippen LogP contribution in [0, 0.1) is 0 Å². The molecule has 0 aliphatic carbocycles. The summed E-state index contributed by atoms with van der Waals surface area (Å²) in [4.78, 5) is 26.1. The number of aromatic nitrogens is 1. The summed E-state index contributed by atoms with van der Waals surface area (Å²) in [6.07, 6.45) is 0.915. The minimum absolute atomic E-state index is 0.202. The Morgan fingerprint density at radius 2 is 2.11 bits per heavy atom. The molecule has 5 nitrogen and oxygen atoms in total. The van der Waals surface area contributed by atoms with Gasteiger partial charge in [0.1, 0.15) is 0 Å². The van der Waals surface area contributed by atoms with Crippen LogP contribution in [0.1, 0.15) is 24.5 Å². The van der Waals surface area contributed by atoms with E-state index >= 15 is 0 Å². The predicted octanol–water partition coefficient (Wildman–Crippen LogP) is 1.27. The first-order chi connectivity index (χ1) is 8.65. The molecule has 0 radical (unpaired) electrons. The van der Waals surface area contributed by atoms with Crippen LogP contribution in [-0.4, -0.2) is 16.8 Å². The highest BCUT2D eigenvalue weighted by Gasteiger charge is 2.29. The fraction of sp³-hybridized carbons (Fsp3) is 0.231. The Balaban J connectivity index is 2.02. The minimum atomic E-state index is -0.297. The molecule has 5 heteroatoms. The van der Waals surface area contributed by atoms with Crippen molar-refractivity contribution in [3.05, 3.63) is 30.0 Å². The van der Waals surface area contributed by atoms with Crippen LogP contribution >= 0.6 is 0 Å². The number of aromatic amines is 1. The molecule has 0 spiro atoms. The van der Waals surface area contributed by atoms with Crippen molar-refractivity contribution in [1.82, 2.24) is 10.3 Å². The number of rotatable bonds is 1. The summed E-state index contributed by atoms with van der Waals surface area (Å²) < 4.78 is 0. The first-order valence-electron chi connectivity index (χ1n) is 5.86. The van der Waals surface area contributed by atoms with E-state index in [1.165, 1.54) is 0 Å². The second kappa shape index (κ2) is 3.87. The number of imide groups is 1. The third-order valence-corrected chi connectivity index (χ3v) is 3.32. The van der Waals surface area contributed by atoms with Crippen LogP contribution in [0.3, 0.4) is 0 Å². The van der Waals surface area contributed by atoms with E-state index in [1.54, 1.807) is 0 Å². The number of anilines is 1. The molecule has 1 fully saturated rings. The van der Waals surface area contributed by atoms with Crippen LogP contribution in [0.15, 0.2) is 24.3 Å². The van der Waals surface area contributed by atoms with Gasteiger partial charge in [0.05, 0.1) is 17.1 Å². The molecule has 1 unspecified atom stereocenters. The number of amides is 2. The van der Waals surface area contributed by atoms with Gasteiger partial charge in [0.2, 0.25) is 11.8 Å². The normalized spacial score (nSPS) is 20.1. The zero-order valence-corrected chi connectivity index (χ0v) is 9.69. The summed E-state index contributed by atoms with van der Waals surface area (Å²) in [6, 6.07) is 7.55. The first-order valence-corrected chi connectivity index (χ1v) is 5.86. The third kappa shape index (κ3) is 1.64. The van der Waals surface area contributed by atoms with Gasteiger partial charge < -0.3 is 10.7 Å². The van der Waals surface area contributed by atoms with E-state index in [9.17, 15) is 9.59 Å². The fourth-order valence-corrected chi connectivity index (χ4v) is 2.38. The highest BCUT2D eigenvalue weighted by Crippen LogP contribution is 2.29. The minimum Gasteiger partial charge on any atom is -0.397 e. The molecule has 1 aromatic carbocycles. The van der Waals surface area contributed by atoms with Gasteiger partial charge in [-0.15, -0.1) is 0 Å². The first kappa shape index (κ1) is 10.8. The number of nitrogens with one attached hydrogen (secondary N) is 2. The predicted molar refractivity (Wildman–Crippen MR) is 67.8 cm³/mol. The number of H-pyrrole nitrogens is 1. The highest BCUT2D eigenvalue weighted by atomic mass is 16.2. The molecule has 1 atom stereocenters. The smallest absolute Gasteiger partial charge is 0.235 e. The van der Waals surface area contributed by atoms with E-state index in [0.717, 1.165) is 16.6 Å². The lowest BCUT2D eigenvalue weighted by Crippen LogP contribution is -2.39. The number of carbonyl (C=O) groups is 2. The summed E-state index contributed by atoms with van der Waals surface area (Å²) in [5, 5.41) is 3.34. The largest absolute Gasteiger partial charge is 0.397 e. The molecule has 1 aliphatic heterocycles. The van der Waals surface area contributed by atoms with Crippen molar-refractivity contribution in [2.45, 2.75) is 18.8 Å². The Morgan fingerprint density at radius 3 is 2.83 bits per heavy atom. The quantitative estimate of drug-likeness (QED) is 0.520. The lowest BCUT2D eigenvalue weighted by atomic mass is 9.95. The van der Waals surface area contributed by atoms with Gasteiger partial charge in [0.15, 0.2) is 0 Å². The number of carbonyl (C=O) groups excluding carboxylic acids is 2. The van der Waals surface area contributed by atoms with Crippen LogP contribution in [0.25, 0.3) is 10.9 Å². The van der Waals surface area contributed by atoms with E-state index in [4.69, 9.17) is 5.73 Å². The van der Waals surface area contributed by atoms with Gasteiger partial charge in [-0.05, 0) is 18.6 Å². The zero-order valence-electron chi connectivity index (χ0n) is 9.69. The summed E-state index contributed by atoms with van der Waals surface area (Å²) in [5.74, 6) is -0.738. The number of nitrogen functional groups attached to an aromatic ring is 1. The Morgan fingerprint density at radius 1 is 1.28 bits per heavy atom. The Labute approximate surface area is 103 Å². The third-order valence-electron chi connectivity index (χ3n) is 3.32. The maximum Gasteiger partial charge on any atom is 0.235 e. The lowest BCUT2D eigenvalue weighted by Gasteiger charge is -2.19. The molecule has 1 aromatic heterocycles. The molecule has 2 heterocycles. The maximum atomic E-state index is 11.8. The van der Waals surface area contributed by atoms with Crippen LogP contribution < -0.4 is 11.1 Å². The van der Waals surface area contributed by atoms with E-state index in [2.05, 4.69) is 10.3 Å². The van der Waals surface area contributed by atoms with Gasteiger partial charge in [0.25, 0.3) is 0 Å². The van der Waals surface area contributed by atoms with Gasteiger partial charge >= 0.3 is 0 Å². The molecule has 0 saturated carbocycles. The van der Waals surface area contributed by atoms with Crippen LogP contribution in [0.4, 0.5) is 5.69 Å². The average Bonchev–Trinajstić information content (AvgIpc) is 2.74. The van der Waals surface area contributed by atoms with Gasteiger partial charge in [-0.1, -0.05) is 12.1 Å². The number of fused-ring (bicyclic) bond motifs is 1. The second-order valence-electron chi connectivity index (χ2n) is 4.54. The summed E-state index contributed by atoms with van der Waals surface area (Å²) >= 11 is 0. The maximum absolute atomic E-state index is 11.8. The van der Waals surface area contributed by atoms with Crippen molar-refractivity contribution in [1.29, 1.82) is 0 Å². The van der Waals surface area contributed by atoms with Gasteiger partial charge in [0, 0.05) is 17.5 Å². The van der Waals surface area contributed by atoms with Crippen LogP contribution in [-0.2, 0) is 9.59 Å². The summed E-state index contributed by atoms with van der Waals surface area (Å²) in [6.45, 7) is 0. The van der Waals surface area contributed by atoms with E-state index < -0.39 is 0 Å². The number of benzene rings is 1. The molecule has 1 saturated heterocycles. The molecular formula is C13H13N3O2. The molecule has 0 bridgehead atoms. The molecule has 2 amide bonds. The van der Waals surface area contributed by atoms with Crippen molar-refractivity contribution in [2.24, 2.45) is 0 Å². The average molecular weight is 243 g/mol. The standard InChI is InChI=1S/C13H13N3O2/c14-9-3-1-2-7-6-10(15-12(7)9)8-4-5-11(17)16-13(8)18/h1-3,6,8,15H,4-5,14H2,(H,16,17,18). The highest BCUT2D eigenvalue weighted by molar-refractivity contribution is 6.01. The van der Waals surface area contributed by atoms with Gasteiger partial charge in [-0.3, -0.25) is 14.9 Å². The number of piperidine rings is 1. The van der Waals surface area contributed by atoms with Crippen molar-refractivity contribution < 1.29 is 9.59 Å². The number of hydrogen-bond acceptors (Lipinski definition) is 3. The molecular weight excluding hydrogens is 230 g/mol. The van der Waals surface area contributed by atoms with Crippen molar-refractivity contribution >= 4 is 28.4 Å². The molecule has 92 valence electrons. The number of hydrogen-bond donors (Lipinski definition) is 3. The lowest BCUT2D eigenvalue weighted by molar-refractivity contribution is -0.134. The van der Waals surface area contributed by atoms with Crippen molar-refractivity contribution in [2.75, 3.05) is 5.73 Å². The van der Waals surface area contributed by atoms with E-state index in [1.807, 2.05) is 24.3 Å². The summed E-state index contributed by atoms with van der Waals surface area (Å²) in [7, 11) is 0. The number of nitrogens with two attached hydrogens (primary N) is 1. The molecule has 4 N–H and O–H groups in total. The Hall–Kier alpha value is -2.30. The van der Waals surface area contributed by atoms with Gasteiger partial charge in [-0.2, -0.15) is 0 Å². The second-order valence-corrected chi connectivity index (χ2v) is 4.54. The van der Waals surface area contributed by atoms with E-state index in [0.29, 0.717) is 18.5 Å². The molecule has 18 heavy (non-hydrogen) atoms. The summed E-state index contributed by atoms with van der Waals surface area (Å²) in [5.41, 5.74) is 8.19. The Bertz CT molecular complexity index is 645.